The van der Waals surface area contributed by atoms with Crippen molar-refractivity contribution in [2.75, 3.05) is 11.8 Å². The lowest BCUT2D eigenvalue weighted by molar-refractivity contribution is 0.411. The van der Waals surface area contributed by atoms with Gasteiger partial charge in [-0.1, -0.05) is 16.8 Å². The average Bonchev–Trinajstić information content (AvgIpc) is 3.21. The number of pyridine rings is 1. The first-order chi connectivity index (χ1) is 14.3. The van der Waals surface area contributed by atoms with Gasteiger partial charge in [0, 0.05) is 29.7 Å². The second kappa shape index (κ2) is 7.47. The van der Waals surface area contributed by atoms with Gasteiger partial charge in [0.15, 0.2) is 5.82 Å². The molecule has 0 unspecified atom stereocenters. The molecule has 0 radical (unpaired) electrons. The molecule has 0 amide bonds. The minimum absolute atomic E-state index is 0.0291. The smallest absolute Gasteiger partial charge is 0.263 e. The fraction of sp³-hybridized carbons (Fsp3) is 0.0526. The molecule has 1 N–H and O–H groups in total. The van der Waals surface area contributed by atoms with E-state index in [2.05, 4.69) is 14.4 Å². The summed E-state index contributed by atoms with van der Waals surface area (Å²) < 4.78 is 52.7. The van der Waals surface area contributed by atoms with Crippen molar-refractivity contribution in [3.63, 3.8) is 0 Å². The summed E-state index contributed by atoms with van der Waals surface area (Å²) in [7, 11) is -2.58. The Morgan fingerprint density at radius 3 is 2.67 bits per heavy atom. The third-order valence-corrected chi connectivity index (χ3v) is 5.96. The number of benzene rings is 2. The number of fused-ring (bicyclic) bond motifs is 1. The van der Waals surface area contributed by atoms with Crippen molar-refractivity contribution in [2.24, 2.45) is 0 Å². The predicted molar refractivity (Wildman–Crippen MR) is 108 cm³/mol. The first-order valence-electron chi connectivity index (χ1n) is 8.42. The Morgan fingerprint density at radius 1 is 1.17 bits per heavy atom. The number of nitrogens with one attached hydrogen (secondary N) is 1. The molecule has 0 atom stereocenters. The van der Waals surface area contributed by atoms with Crippen molar-refractivity contribution in [3.05, 3.63) is 76.0 Å². The number of hydrogen-bond donors (Lipinski definition) is 1. The molecule has 0 bridgehead atoms. The molecular weight excluding hydrogens is 437 g/mol. The number of anilines is 1. The Hall–Kier alpha value is -3.37. The van der Waals surface area contributed by atoms with Gasteiger partial charge in [-0.2, -0.15) is 0 Å². The zero-order valence-corrected chi connectivity index (χ0v) is 16.9. The van der Waals surface area contributed by atoms with E-state index in [4.69, 9.17) is 16.3 Å². The monoisotopic (exact) mass is 449 g/mol. The van der Waals surface area contributed by atoms with Gasteiger partial charge >= 0.3 is 0 Å². The lowest BCUT2D eigenvalue weighted by atomic mass is 10.2. The minimum atomic E-state index is -3.95. The molecule has 8 nitrogen and oxygen atoms in total. The number of nitrogens with zero attached hydrogens (tertiary/aromatic N) is 2. The van der Waals surface area contributed by atoms with Crippen LogP contribution < -0.4 is 15.0 Å². The topological polar surface area (TPSA) is 103 Å². The van der Waals surface area contributed by atoms with Crippen LogP contribution in [-0.4, -0.2) is 25.3 Å². The predicted octanol–water partition coefficient (Wildman–Crippen LogP) is 3.58. The van der Waals surface area contributed by atoms with E-state index in [0.717, 1.165) is 6.07 Å². The summed E-state index contributed by atoms with van der Waals surface area (Å²) >= 11 is 5.81. The maximum atomic E-state index is 14.1. The van der Waals surface area contributed by atoms with Gasteiger partial charge < -0.3 is 9.26 Å². The van der Waals surface area contributed by atoms with E-state index >= 15 is 0 Å². The third-order valence-electron chi connectivity index (χ3n) is 4.32. The zero-order valence-electron chi connectivity index (χ0n) is 15.3. The van der Waals surface area contributed by atoms with Crippen LogP contribution in [0, 0.1) is 5.82 Å². The molecule has 4 rings (SSSR count). The Bertz CT molecular complexity index is 1420. The number of methoxy groups -OCH3 is 1. The molecule has 30 heavy (non-hydrogen) atoms. The number of rotatable bonds is 5. The first-order valence-corrected chi connectivity index (χ1v) is 10.3. The number of ether oxygens (including phenoxy) is 1. The lowest BCUT2D eigenvalue weighted by Gasteiger charge is -2.15. The van der Waals surface area contributed by atoms with Gasteiger partial charge in [-0.05, 0) is 24.3 Å². The molecule has 0 spiro atoms. The molecule has 0 aliphatic carbocycles. The Morgan fingerprint density at radius 2 is 1.97 bits per heavy atom. The summed E-state index contributed by atoms with van der Waals surface area (Å²) in [6.45, 7) is 0. The normalized spacial score (nSPS) is 11.6. The molecule has 11 heteroatoms. The molecule has 0 fully saturated rings. The molecule has 0 aliphatic heterocycles. The SMILES string of the molecule is COc1cc(Cl)c(F)cc1-n1c(=O)ccc2cc(S(=O)(=O)Nc3ccon3)ccc21. The van der Waals surface area contributed by atoms with Crippen molar-refractivity contribution < 1.29 is 22.1 Å². The fourth-order valence-corrected chi connectivity index (χ4v) is 4.14. The van der Waals surface area contributed by atoms with Crippen LogP contribution in [0.3, 0.4) is 0 Å². The van der Waals surface area contributed by atoms with Crippen molar-refractivity contribution in [3.8, 4) is 11.4 Å². The molecule has 154 valence electrons. The Labute approximate surface area is 174 Å². The molecule has 0 aliphatic rings. The minimum Gasteiger partial charge on any atom is -0.494 e. The van der Waals surface area contributed by atoms with Crippen molar-refractivity contribution in [1.82, 2.24) is 9.72 Å². The van der Waals surface area contributed by atoms with E-state index in [1.54, 1.807) is 0 Å². The van der Waals surface area contributed by atoms with Crippen LogP contribution in [0.1, 0.15) is 0 Å². The van der Waals surface area contributed by atoms with Gasteiger partial charge in [-0.25, -0.2) is 12.8 Å². The van der Waals surface area contributed by atoms with Gasteiger partial charge in [0.1, 0.15) is 17.8 Å². The van der Waals surface area contributed by atoms with Crippen molar-refractivity contribution >= 4 is 38.3 Å². The summed E-state index contributed by atoms with van der Waals surface area (Å²) in [6, 6.07) is 10.6. The second-order valence-electron chi connectivity index (χ2n) is 6.16. The molecule has 2 aromatic heterocycles. The van der Waals surface area contributed by atoms with Crippen LogP contribution in [-0.2, 0) is 10.0 Å². The Balaban J connectivity index is 1.89. The number of aromatic nitrogens is 2. The lowest BCUT2D eigenvalue weighted by Crippen LogP contribution is -2.19. The Kier molecular flexibility index (Phi) is 4.96. The summed E-state index contributed by atoms with van der Waals surface area (Å²) in [5, 5.41) is 3.79. The summed E-state index contributed by atoms with van der Waals surface area (Å²) in [4.78, 5) is 12.5. The summed E-state index contributed by atoms with van der Waals surface area (Å²) in [5.74, 6) is -0.519. The molecule has 2 aromatic carbocycles. The van der Waals surface area contributed by atoms with E-state index in [9.17, 15) is 17.6 Å². The van der Waals surface area contributed by atoms with E-state index in [0.29, 0.717) is 10.9 Å². The molecule has 0 saturated carbocycles. The standard InChI is InChI=1S/C19H13ClFN3O5S/c1-28-17-9-13(20)14(21)10-16(17)24-15-4-3-12(8-11(15)2-5-19(24)25)30(26,27)23-18-6-7-29-22-18/h2-10H,1H3,(H,22,23). The van der Waals surface area contributed by atoms with E-state index in [1.165, 1.54) is 60.4 Å². The number of sulfonamides is 1. The van der Waals surface area contributed by atoms with Crippen LogP contribution in [0.25, 0.3) is 16.6 Å². The summed E-state index contributed by atoms with van der Waals surface area (Å²) in [5.41, 5.74) is 0.0214. The van der Waals surface area contributed by atoms with Crippen molar-refractivity contribution in [1.29, 1.82) is 0 Å². The quantitative estimate of drug-likeness (QED) is 0.499. The number of halogens is 2. The van der Waals surface area contributed by atoms with E-state index < -0.39 is 21.4 Å². The number of hydrogen-bond acceptors (Lipinski definition) is 6. The second-order valence-corrected chi connectivity index (χ2v) is 8.25. The van der Waals surface area contributed by atoms with E-state index in [1.807, 2.05) is 0 Å². The largest absolute Gasteiger partial charge is 0.494 e. The van der Waals surface area contributed by atoms with Gasteiger partial charge in [-0.15, -0.1) is 0 Å². The maximum Gasteiger partial charge on any atom is 0.263 e. The van der Waals surface area contributed by atoms with Gasteiger partial charge in [-0.3, -0.25) is 14.1 Å². The van der Waals surface area contributed by atoms with Gasteiger partial charge in [0.25, 0.3) is 15.6 Å². The maximum absolute atomic E-state index is 14.1. The molecule has 2 heterocycles. The fourth-order valence-electron chi connectivity index (χ4n) is 2.96. The van der Waals surface area contributed by atoms with Crippen LogP contribution >= 0.6 is 11.6 Å². The van der Waals surface area contributed by atoms with Crippen LogP contribution in [0.2, 0.25) is 5.02 Å². The highest BCUT2D eigenvalue weighted by Crippen LogP contribution is 2.31. The molecule has 4 aromatic rings. The highest BCUT2D eigenvalue weighted by molar-refractivity contribution is 7.92. The van der Waals surface area contributed by atoms with Crippen LogP contribution in [0.15, 0.2) is 69.0 Å². The van der Waals surface area contributed by atoms with Crippen molar-refractivity contribution in [2.45, 2.75) is 4.90 Å². The van der Waals surface area contributed by atoms with Crippen LogP contribution in [0.4, 0.5) is 10.2 Å². The van der Waals surface area contributed by atoms with Gasteiger partial charge in [0.2, 0.25) is 0 Å². The first kappa shape index (κ1) is 19.9. The average molecular weight is 450 g/mol. The highest BCUT2D eigenvalue weighted by atomic mass is 35.5. The van der Waals surface area contributed by atoms with E-state index in [-0.39, 0.29) is 27.2 Å². The summed E-state index contributed by atoms with van der Waals surface area (Å²) in [6.07, 6.45) is 1.23. The highest BCUT2D eigenvalue weighted by Gasteiger charge is 2.19. The van der Waals surface area contributed by atoms with Crippen LogP contribution in [0.5, 0.6) is 5.75 Å². The molecule has 0 saturated heterocycles. The van der Waals surface area contributed by atoms with Gasteiger partial charge in [0.05, 0.1) is 28.2 Å². The third kappa shape index (κ3) is 3.51. The molecular formula is C19H13ClFN3O5S. The zero-order chi connectivity index (χ0) is 21.5.